The molecule has 0 unspecified atom stereocenters. The Morgan fingerprint density at radius 1 is 1.19 bits per heavy atom. The first kappa shape index (κ1) is 35.3. The minimum absolute atomic E-state index is 0.0380. The SMILES string of the molecule is CO[C@]1(C#CO[C@@H]2O[C@H](C)C[C@H](N(C)C)[C@H]2O)CCCN(C)[C@@H]([C@H]2CCN(C(C)=O)C2)COC(=O)C(C)(C)C(=O)[C@H](C)C1. The van der Waals surface area contributed by atoms with E-state index in [2.05, 4.69) is 16.9 Å². The summed E-state index contributed by atoms with van der Waals surface area (Å²) in [4.78, 5) is 44.9. The molecule has 11 nitrogen and oxygen atoms in total. The van der Waals surface area contributed by atoms with Gasteiger partial charge >= 0.3 is 5.97 Å². The predicted octanol–water partition coefficient (Wildman–Crippen LogP) is 1.90. The third-order valence-electron chi connectivity index (χ3n) is 9.59. The van der Waals surface area contributed by atoms with Crippen molar-refractivity contribution in [2.24, 2.45) is 17.3 Å². The molecule has 0 aliphatic carbocycles. The molecule has 244 valence electrons. The molecule has 3 aliphatic rings. The molecule has 0 saturated carbocycles. The van der Waals surface area contributed by atoms with Crippen LogP contribution in [0.3, 0.4) is 0 Å². The monoisotopic (exact) mass is 607 g/mol. The summed E-state index contributed by atoms with van der Waals surface area (Å²) in [6.07, 6.45) is 3.79. The van der Waals surface area contributed by atoms with Gasteiger partial charge in [0.05, 0.1) is 6.10 Å². The normalized spacial score (nSPS) is 36.5. The summed E-state index contributed by atoms with van der Waals surface area (Å²) < 4.78 is 23.5. The van der Waals surface area contributed by atoms with E-state index in [4.69, 9.17) is 18.9 Å². The Morgan fingerprint density at radius 2 is 1.88 bits per heavy atom. The summed E-state index contributed by atoms with van der Waals surface area (Å²) in [7, 11) is 7.39. The number of carbonyl (C=O) groups is 3. The van der Waals surface area contributed by atoms with Gasteiger partial charge in [0.2, 0.25) is 12.2 Å². The molecule has 8 atom stereocenters. The fourth-order valence-corrected chi connectivity index (χ4v) is 6.71. The van der Waals surface area contributed by atoms with Gasteiger partial charge in [0.25, 0.3) is 0 Å². The molecule has 0 spiro atoms. The summed E-state index contributed by atoms with van der Waals surface area (Å²) in [5.41, 5.74) is -2.40. The molecule has 1 amide bonds. The first-order chi connectivity index (χ1) is 20.1. The third-order valence-corrected chi connectivity index (χ3v) is 9.59. The number of aliphatic hydroxyl groups excluding tert-OH is 1. The molecule has 11 heteroatoms. The van der Waals surface area contributed by atoms with E-state index in [1.807, 2.05) is 37.9 Å². The van der Waals surface area contributed by atoms with Crippen molar-refractivity contribution in [1.29, 1.82) is 0 Å². The van der Waals surface area contributed by atoms with Crippen LogP contribution in [0, 0.1) is 29.3 Å². The van der Waals surface area contributed by atoms with E-state index in [0.29, 0.717) is 38.9 Å². The van der Waals surface area contributed by atoms with Crippen molar-refractivity contribution >= 4 is 17.7 Å². The molecular weight excluding hydrogens is 554 g/mol. The molecule has 3 aliphatic heterocycles. The molecular formula is C32H53N3O8. The van der Waals surface area contributed by atoms with E-state index in [-0.39, 0.29) is 48.8 Å². The summed E-state index contributed by atoms with van der Waals surface area (Å²) >= 11 is 0. The van der Waals surface area contributed by atoms with Crippen LogP contribution in [0.1, 0.15) is 66.7 Å². The lowest BCUT2D eigenvalue weighted by Crippen LogP contribution is -2.53. The van der Waals surface area contributed by atoms with Crippen LogP contribution in [0.25, 0.3) is 0 Å². The minimum atomic E-state index is -1.36. The predicted molar refractivity (Wildman–Crippen MR) is 161 cm³/mol. The highest BCUT2D eigenvalue weighted by Gasteiger charge is 2.45. The highest BCUT2D eigenvalue weighted by atomic mass is 16.7. The fraction of sp³-hybridized carbons (Fsp3) is 0.844. The van der Waals surface area contributed by atoms with Crippen LogP contribution in [0.15, 0.2) is 0 Å². The van der Waals surface area contributed by atoms with E-state index >= 15 is 0 Å². The average molecular weight is 608 g/mol. The number of likely N-dealkylation sites (N-methyl/N-ethyl adjacent to an activating group) is 2. The number of ketones is 1. The maximum atomic E-state index is 13.7. The standard InChI is InChI=1S/C32H53N3O8/c1-21-18-32(40-9,13-16-41-29-27(37)25(33(6)7)17-22(2)43-29)12-10-14-34(8)26(24-11-15-35(19-24)23(3)36)20-42-30(39)31(4,5)28(21)38/h21-22,24-27,29,37H,10-12,14-15,17-20H2,1-9H3/t21-,22-,24+,25+,26-,27-,29-,32+/m1/s1. The Hall–Kier alpha value is -2.23. The van der Waals surface area contributed by atoms with Crippen molar-refractivity contribution in [3.63, 3.8) is 0 Å². The quantitative estimate of drug-likeness (QED) is 0.289. The summed E-state index contributed by atoms with van der Waals surface area (Å²) in [5.74, 6) is 1.95. The van der Waals surface area contributed by atoms with Gasteiger partial charge in [-0.1, -0.05) is 6.92 Å². The number of carbonyl (C=O) groups excluding carboxylic acids is 3. The van der Waals surface area contributed by atoms with Crippen molar-refractivity contribution in [1.82, 2.24) is 14.7 Å². The van der Waals surface area contributed by atoms with E-state index in [1.165, 1.54) is 0 Å². The number of ether oxygens (including phenoxy) is 4. The Bertz CT molecular complexity index is 1050. The van der Waals surface area contributed by atoms with E-state index in [9.17, 15) is 19.5 Å². The van der Waals surface area contributed by atoms with E-state index in [0.717, 1.165) is 6.42 Å². The Morgan fingerprint density at radius 3 is 2.49 bits per heavy atom. The molecule has 0 radical (unpaired) electrons. The van der Waals surface area contributed by atoms with Gasteiger partial charge in [-0.05, 0) is 92.4 Å². The van der Waals surface area contributed by atoms with Crippen LogP contribution in [-0.4, -0.2) is 128 Å². The second-order valence-electron chi connectivity index (χ2n) is 13.5. The molecule has 0 bridgehead atoms. The number of likely N-dealkylation sites (tertiary alicyclic amines) is 1. The number of methoxy groups -OCH3 is 1. The van der Waals surface area contributed by atoms with Gasteiger partial charge in [0, 0.05) is 45.1 Å². The lowest BCUT2D eigenvalue weighted by molar-refractivity contribution is -0.228. The average Bonchev–Trinajstić information content (AvgIpc) is 3.43. The van der Waals surface area contributed by atoms with Crippen LogP contribution < -0.4 is 0 Å². The van der Waals surface area contributed by atoms with E-state index in [1.54, 1.807) is 34.8 Å². The molecule has 0 aromatic carbocycles. The van der Waals surface area contributed by atoms with Crippen molar-refractivity contribution in [3.8, 4) is 12.0 Å². The first-order valence-corrected chi connectivity index (χ1v) is 15.5. The first-order valence-electron chi connectivity index (χ1n) is 15.5. The minimum Gasteiger partial charge on any atom is -0.463 e. The zero-order valence-electron chi connectivity index (χ0n) is 27.6. The Kier molecular flexibility index (Phi) is 12.1. The van der Waals surface area contributed by atoms with Gasteiger partial charge in [-0.2, -0.15) is 0 Å². The second-order valence-corrected chi connectivity index (χ2v) is 13.5. The number of esters is 1. The Balaban J connectivity index is 1.87. The molecule has 0 aromatic rings. The van der Waals surface area contributed by atoms with Crippen LogP contribution in [-0.2, 0) is 33.3 Å². The number of Topliss-reactive ketones (excluding diaryl/α,β-unsaturated/α-hetero) is 1. The van der Waals surface area contributed by atoms with Crippen LogP contribution in [0.4, 0.5) is 0 Å². The van der Waals surface area contributed by atoms with Gasteiger partial charge in [-0.3, -0.25) is 19.3 Å². The van der Waals surface area contributed by atoms with E-state index < -0.39 is 35.3 Å². The molecule has 3 heterocycles. The van der Waals surface area contributed by atoms with Crippen LogP contribution >= 0.6 is 0 Å². The zero-order chi connectivity index (χ0) is 32.1. The van der Waals surface area contributed by atoms with Crippen LogP contribution in [0.2, 0.25) is 0 Å². The number of rotatable bonds is 4. The molecule has 0 aromatic heterocycles. The number of aliphatic hydroxyl groups is 1. The number of nitrogens with zero attached hydrogens (tertiary/aromatic N) is 3. The largest absolute Gasteiger partial charge is 0.463 e. The number of cyclic esters (lactones) is 1. The van der Waals surface area contributed by atoms with Gasteiger partial charge in [-0.25, -0.2) is 0 Å². The Labute approximate surface area is 257 Å². The fourth-order valence-electron chi connectivity index (χ4n) is 6.71. The number of amides is 1. The second kappa shape index (κ2) is 14.7. The molecule has 43 heavy (non-hydrogen) atoms. The summed E-state index contributed by atoms with van der Waals surface area (Å²) in [5, 5.41) is 10.9. The van der Waals surface area contributed by atoms with Gasteiger partial charge in [-0.15, -0.1) is 0 Å². The van der Waals surface area contributed by atoms with Crippen molar-refractivity contribution < 1.29 is 38.4 Å². The molecule has 3 rings (SSSR count). The maximum absolute atomic E-state index is 13.7. The number of hydrogen-bond acceptors (Lipinski definition) is 10. The number of hydrogen-bond donors (Lipinski definition) is 1. The lowest BCUT2D eigenvalue weighted by Gasteiger charge is -2.39. The van der Waals surface area contributed by atoms with Gasteiger partial charge in [0.15, 0.2) is 5.78 Å². The smallest absolute Gasteiger partial charge is 0.319 e. The highest BCUT2D eigenvalue weighted by molar-refractivity contribution is 6.03. The van der Waals surface area contributed by atoms with Crippen molar-refractivity contribution in [2.45, 2.75) is 103 Å². The summed E-state index contributed by atoms with van der Waals surface area (Å²) in [6.45, 7) is 10.6. The maximum Gasteiger partial charge on any atom is 0.319 e. The lowest BCUT2D eigenvalue weighted by atomic mass is 9.76. The molecule has 3 saturated heterocycles. The third kappa shape index (κ3) is 8.49. The van der Waals surface area contributed by atoms with Gasteiger partial charge in [0.1, 0.15) is 29.8 Å². The topological polar surface area (TPSA) is 118 Å². The van der Waals surface area contributed by atoms with Crippen LogP contribution in [0.5, 0.6) is 0 Å². The highest BCUT2D eigenvalue weighted by Crippen LogP contribution is 2.33. The molecule has 1 N–H and O–H groups in total. The summed E-state index contributed by atoms with van der Waals surface area (Å²) in [6, 6.07) is -0.247. The van der Waals surface area contributed by atoms with Gasteiger partial charge < -0.3 is 33.9 Å². The van der Waals surface area contributed by atoms with Crippen molar-refractivity contribution in [2.75, 3.05) is 54.5 Å². The van der Waals surface area contributed by atoms with Crippen molar-refractivity contribution in [3.05, 3.63) is 0 Å². The molecule has 3 fully saturated rings. The zero-order valence-corrected chi connectivity index (χ0v) is 27.6.